The summed E-state index contributed by atoms with van der Waals surface area (Å²) in [6, 6.07) is 19.2. The van der Waals surface area contributed by atoms with Crippen molar-refractivity contribution in [3.05, 3.63) is 94.5 Å². The molecule has 0 heterocycles. The van der Waals surface area contributed by atoms with Crippen molar-refractivity contribution in [1.82, 2.24) is 10.2 Å². The van der Waals surface area contributed by atoms with Crippen LogP contribution in [0.1, 0.15) is 66.8 Å². The molecule has 0 aliphatic heterocycles. The second-order valence-corrected chi connectivity index (χ2v) is 13.6. The van der Waals surface area contributed by atoms with Gasteiger partial charge in [-0.3, -0.25) is 13.9 Å². The molecule has 8 heteroatoms. The molecule has 1 N–H and O–H groups in total. The Morgan fingerprint density at radius 2 is 1.36 bits per heavy atom. The first-order chi connectivity index (χ1) is 19.9. The molecule has 3 aromatic rings. The van der Waals surface area contributed by atoms with Crippen molar-refractivity contribution in [2.75, 3.05) is 10.8 Å². The third kappa shape index (κ3) is 7.79. The molecule has 3 aromatic carbocycles. The van der Waals surface area contributed by atoms with E-state index in [0.29, 0.717) is 5.69 Å². The zero-order valence-corrected chi connectivity index (χ0v) is 26.2. The van der Waals surface area contributed by atoms with E-state index in [-0.39, 0.29) is 23.4 Å². The molecule has 0 spiro atoms. The van der Waals surface area contributed by atoms with Crippen molar-refractivity contribution in [3.63, 3.8) is 0 Å². The highest BCUT2D eigenvalue weighted by Gasteiger charge is 2.33. The Hall–Kier alpha value is -3.65. The summed E-state index contributed by atoms with van der Waals surface area (Å²) in [6.45, 7) is 9.15. The van der Waals surface area contributed by atoms with Gasteiger partial charge in [-0.2, -0.15) is 0 Å². The number of nitrogens with zero attached hydrogens (tertiary/aromatic N) is 2. The van der Waals surface area contributed by atoms with E-state index in [9.17, 15) is 18.0 Å². The lowest BCUT2D eigenvalue weighted by Gasteiger charge is -2.33. The Kier molecular flexibility index (Phi) is 10.1. The van der Waals surface area contributed by atoms with Crippen LogP contribution >= 0.6 is 0 Å². The number of amides is 2. The molecule has 1 aliphatic rings. The SMILES string of the molecule is Cc1ccc(CN(C(=O)CN(c2cc(C)cc(C)c2)S(=O)(=O)c2ccc(C)cc2)C(C)C(=O)NC2CCCCC2)cc1. The summed E-state index contributed by atoms with van der Waals surface area (Å²) in [6.07, 6.45) is 5.18. The molecule has 1 atom stereocenters. The summed E-state index contributed by atoms with van der Waals surface area (Å²) in [7, 11) is -4.09. The molecule has 7 nitrogen and oxygen atoms in total. The Morgan fingerprint density at radius 1 is 0.810 bits per heavy atom. The number of rotatable bonds is 10. The molecule has 0 radical (unpaired) electrons. The van der Waals surface area contributed by atoms with Gasteiger partial charge in [0.15, 0.2) is 0 Å². The summed E-state index contributed by atoms with van der Waals surface area (Å²) >= 11 is 0. The standard InChI is InChI=1S/C34H43N3O4S/c1-24-11-15-29(16-12-24)22-36(28(5)34(39)35-30-9-7-6-8-10-30)33(38)23-37(31-20-26(3)19-27(4)21-31)42(40,41)32-17-13-25(2)14-18-32/h11-21,28,30H,6-10,22-23H2,1-5H3,(H,35,39). The topological polar surface area (TPSA) is 86.8 Å². The Bertz CT molecular complexity index is 1470. The zero-order valence-electron chi connectivity index (χ0n) is 25.4. The fraction of sp³-hybridized carbons (Fsp3) is 0.412. The van der Waals surface area contributed by atoms with Crippen LogP contribution in [0.3, 0.4) is 0 Å². The van der Waals surface area contributed by atoms with E-state index >= 15 is 0 Å². The van der Waals surface area contributed by atoms with Gasteiger partial charge in [-0.25, -0.2) is 8.42 Å². The first kappa shape index (κ1) is 31.3. The van der Waals surface area contributed by atoms with E-state index in [1.807, 2.05) is 58.0 Å². The summed E-state index contributed by atoms with van der Waals surface area (Å²) < 4.78 is 29.3. The number of carbonyl (C=O) groups is 2. The predicted octanol–water partition coefficient (Wildman–Crippen LogP) is 5.98. The molecule has 224 valence electrons. The third-order valence-electron chi connectivity index (χ3n) is 7.97. The largest absolute Gasteiger partial charge is 0.352 e. The highest BCUT2D eigenvalue weighted by atomic mass is 32.2. The average molecular weight is 590 g/mol. The van der Waals surface area contributed by atoms with Gasteiger partial charge in [0.1, 0.15) is 12.6 Å². The van der Waals surface area contributed by atoms with Crippen molar-refractivity contribution < 1.29 is 18.0 Å². The molecule has 4 rings (SSSR count). The Morgan fingerprint density at radius 3 is 1.93 bits per heavy atom. The summed E-state index contributed by atoms with van der Waals surface area (Å²) in [4.78, 5) is 29.2. The van der Waals surface area contributed by atoms with E-state index in [2.05, 4.69) is 5.32 Å². The minimum absolute atomic E-state index is 0.0960. The van der Waals surface area contributed by atoms with Crippen molar-refractivity contribution in [2.45, 2.75) is 90.2 Å². The van der Waals surface area contributed by atoms with Crippen LogP contribution in [0.4, 0.5) is 5.69 Å². The number of hydrogen-bond donors (Lipinski definition) is 1. The predicted molar refractivity (Wildman–Crippen MR) is 168 cm³/mol. The lowest BCUT2D eigenvalue weighted by molar-refractivity contribution is -0.139. The van der Waals surface area contributed by atoms with E-state index in [4.69, 9.17) is 0 Å². The Labute approximate surface area is 251 Å². The highest BCUT2D eigenvalue weighted by molar-refractivity contribution is 7.92. The van der Waals surface area contributed by atoms with Crippen molar-refractivity contribution in [1.29, 1.82) is 0 Å². The van der Waals surface area contributed by atoms with Crippen LogP contribution in [-0.2, 0) is 26.2 Å². The van der Waals surface area contributed by atoms with Gasteiger partial charge in [-0.1, -0.05) is 72.9 Å². The maximum Gasteiger partial charge on any atom is 0.264 e. The first-order valence-electron chi connectivity index (χ1n) is 14.8. The van der Waals surface area contributed by atoms with Crippen LogP contribution in [-0.4, -0.2) is 43.8 Å². The lowest BCUT2D eigenvalue weighted by atomic mass is 9.95. The summed E-state index contributed by atoms with van der Waals surface area (Å²) in [5.41, 5.74) is 5.08. The highest BCUT2D eigenvalue weighted by Crippen LogP contribution is 2.27. The second-order valence-electron chi connectivity index (χ2n) is 11.7. The lowest BCUT2D eigenvalue weighted by Crippen LogP contribution is -2.53. The van der Waals surface area contributed by atoms with E-state index in [0.717, 1.165) is 53.5 Å². The van der Waals surface area contributed by atoms with Gasteiger partial charge in [-0.05, 0) is 88.4 Å². The maximum atomic E-state index is 14.2. The number of nitrogens with one attached hydrogen (secondary N) is 1. The van der Waals surface area contributed by atoms with Gasteiger partial charge in [-0.15, -0.1) is 0 Å². The van der Waals surface area contributed by atoms with Gasteiger partial charge >= 0.3 is 0 Å². The van der Waals surface area contributed by atoms with Crippen molar-refractivity contribution >= 4 is 27.5 Å². The zero-order chi connectivity index (χ0) is 30.4. The molecular formula is C34H43N3O4S. The van der Waals surface area contributed by atoms with E-state index in [1.54, 1.807) is 43.3 Å². The monoisotopic (exact) mass is 589 g/mol. The smallest absolute Gasteiger partial charge is 0.264 e. The Balaban J connectivity index is 1.69. The van der Waals surface area contributed by atoms with Gasteiger partial charge in [0.2, 0.25) is 11.8 Å². The minimum atomic E-state index is -4.09. The molecule has 42 heavy (non-hydrogen) atoms. The van der Waals surface area contributed by atoms with Crippen LogP contribution in [0.5, 0.6) is 0 Å². The van der Waals surface area contributed by atoms with E-state index in [1.165, 1.54) is 15.6 Å². The van der Waals surface area contributed by atoms with Crippen LogP contribution in [0.15, 0.2) is 71.6 Å². The minimum Gasteiger partial charge on any atom is -0.352 e. The van der Waals surface area contributed by atoms with Crippen LogP contribution in [0, 0.1) is 27.7 Å². The summed E-state index contributed by atoms with van der Waals surface area (Å²) in [5.74, 6) is -0.668. The molecule has 0 bridgehead atoms. The summed E-state index contributed by atoms with van der Waals surface area (Å²) in [5, 5.41) is 3.15. The third-order valence-corrected chi connectivity index (χ3v) is 9.76. The number of sulfonamides is 1. The van der Waals surface area contributed by atoms with E-state index < -0.39 is 28.5 Å². The van der Waals surface area contributed by atoms with Crippen LogP contribution < -0.4 is 9.62 Å². The molecule has 1 fully saturated rings. The molecule has 0 saturated heterocycles. The molecule has 1 saturated carbocycles. The second kappa shape index (κ2) is 13.6. The van der Waals surface area contributed by atoms with Crippen LogP contribution in [0.25, 0.3) is 0 Å². The number of aryl methyl sites for hydroxylation is 4. The molecule has 1 aliphatic carbocycles. The first-order valence-corrected chi connectivity index (χ1v) is 16.2. The average Bonchev–Trinajstić information content (AvgIpc) is 2.95. The quantitative estimate of drug-likeness (QED) is 0.315. The number of anilines is 1. The number of carbonyl (C=O) groups excluding carboxylic acids is 2. The normalized spacial score (nSPS) is 14.7. The molecule has 1 unspecified atom stereocenters. The van der Waals surface area contributed by atoms with Crippen molar-refractivity contribution in [3.8, 4) is 0 Å². The number of hydrogen-bond acceptors (Lipinski definition) is 4. The van der Waals surface area contributed by atoms with Gasteiger partial charge < -0.3 is 10.2 Å². The van der Waals surface area contributed by atoms with Crippen molar-refractivity contribution in [2.24, 2.45) is 0 Å². The molecule has 0 aromatic heterocycles. The molecular weight excluding hydrogens is 546 g/mol. The van der Waals surface area contributed by atoms with Gasteiger partial charge in [0.25, 0.3) is 10.0 Å². The van der Waals surface area contributed by atoms with Gasteiger partial charge in [0, 0.05) is 12.6 Å². The fourth-order valence-electron chi connectivity index (χ4n) is 5.50. The van der Waals surface area contributed by atoms with Crippen LogP contribution in [0.2, 0.25) is 0 Å². The maximum absolute atomic E-state index is 14.2. The number of benzene rings is 3. The molecule has 2 amide bonds. The fourth-order valence-corrected chi connectivity index (χ4v) is 6.90. The van der Waals surface area contributed by atoms with Gasteiger partial charge in [0.05, 0.1) is 10.6 Å².